The van der Waals surface area contributed by atoms with E-state index in [2.05, 4.69) is 24.8 Å². The van der Waals surface area contributed by atoms with Crippen molar-refractivity contribution in [3.63, 3.8) is 0 Å². The van der Waals surface area contributed by atoms with Crippen LogP contribution in [0.2, 0.25) is 19.6 Å². The zero-order valence-electron chi connectivity index (χ0n) is 13.6. The van der Waals surface area contributed by atoms with Crippen molar-refractivity contribution < 1.29 is 18.8 Å². The molecule has 0 saturated heterocycles. The van der Waals surface area contributed by atoms with Gasteiger partial charge in [0.05, 0.1) is 6.61 Å². The van der Waals surface area contributed by atoms with Crippen LogP contribution < -0.4 is 0 Å². The number of rotatable bonds is 4. The minimum absolute atomic E-state index is 0.198. The second-order valence-electron chi connectivity index (χ2n) is 6.88. The zero-order valence-corrected chi connectivity index (χ0v) is 14.6. The van der Waals surface area contributed by atoms with Gasteiger partial charge in [-0.3, -0.25) is 0 Å². The van der Waals surface area contributed by atoms with Gasteiger partial charge in [0, 0.05) is 18.8 Å². The van der Waals surface area contributed by atoms with E-state index < -0.39 is 14.1 Å². The summed E-state index contributed by atoms with van der Waals surface area (Å²) in [5.74, 6) is -0.788. The van der Waals surface area contributed by atoms with Crippen LogP contribution in [0, 0.1) is 5.92 Å². The van der Waals surface area contributed by atoms with Crippen molar-refractivity contribution in [2.45, 2.75) is 70.9 Å². The molecule has 0 aromatic rings. The number of ether oxygens (including phenoxy) is 1. The van der Waals surface area contributed by atoms with Crippen molar-refractivity contribution in [1.29, 1.82) is 0 Å². The molecule has 1 saturated carbocycles. The summed E-state index contributed by atoms with van der Waals surface area (Å²) in [4.78, 5) is 17.7. The number of carbonyl (C=O) groups excluding carboxylic acids is 1. The van der Waals surface area contributed by atoms with E-state index in [1.165, 1.54) is 6.42 Å². The van der Waals surface area contributed by atoms with E-state index in [0.29, 0.717) is 18.7 Å². The lowest BCUT2D eigenvalue weighted by atomic mass is 9.87. The summed E-state index contributed by atoms with van der Waals surface area (Å²) in [5, 5.41) is 4.07. The average Bonchev–Trinajstić information content (AvgIpc) is 2.58. The molecule has 120 valence electrons. The molecule has 2 aliphatic rings. The third-order valence-corrected chi connectivity index (χ3v) is 4.90. The van der Waals surface area contributed by atoms with Crippen LogP contribution in [-0.4, -0.2) is 32.4 Å². The molecular formula is C15H27NO4Si. The van der Waals surface area contributed by atoms with Gasteiger partial charge >= 0.3 is 5.97 Å². The first kappa shape index (κ1) is 16.5. The topological polar surface area (TPSA) is 57.1 Å². The van der Waals surface area contributed by atoms with Gasteiger partial charge in [-0.05, 0) is 39.4 Å². The van der Waals surface area contributed by atoms with Crippen LogP contribution >= 0.6 is 0 Å². The Morgan fingerprint density at radius 1 is 1.38 bits per heavy atom. The van der Waals surface area contributed by atoms with Gasteiger partial charge in [-0.2, -0.15) is 0 Å². The standard InChI is InChI=1S/C15H27NO4Si/c1-5-18-14(17)13-11-12-9-7-6-8-10-15(12,19-16-13)20-21(2,3)4/h12H,5-11H2,1-4H3. The van der Waals surface area contributed by atoms with Gasteiger partial charge in [0.25, 0.3) is 0 Å². The zero-order chi connectivity index (χ0) is 15.5. The first-order chi connectivity index (χ1) is 9.86. The monoisotopic (exact) mass is 313 g/mol. The SMILES string of the molecule is CCOC(=O)C1=NOC2(O[Si](C)(C)C)CCCCCC2C1. The van der Waals surface area contributed by atoms with Gasteiger partial charge in [-0.1, -0.05) is 18.0 Å². The normalized spacial score (nSPS) is 29.7. The number of hydrogen-bond donors (Lipinski definition) is 0. The molecule has 0 amide bonds. The van der Waals surface area contributed by atoms with Gasteiger partial charge < -0.3 is 14.0 Å². The second-order valence-corrected chi connectivity index (χ2v) is 11.3. The Morgan fingerprint density at radius 2 is 2.14 bits per heavy atom. The van der Waals surface area contributed by atoms with E-state index in [0.717, 1.165) is 25.7 Å². The Morgan fingerprint density at radius 3 is 2.81 bits per heavy atom. The van der Waals surface area contributed by atoms with Gasteiger partial charge in [0.1, 0.15) is 0 Å². The Labute approximate surface area is 128 Å². The van der Waals surface area contributed by atoms with E-state index in [1.807, 2.05) is 0 Å². The molecule has 2 rings (SSSR count). The van der Waals surface area contributed by atoms with Crippen molar-refractivity contribution in [2.75, 3.05) is 6.61 Å². The fourth-order valence-electron chi connectivity index (χ4n) is 3.15. The van der Waals surface area contributed by atoms with Crippen molar-refractivity contribution in [2.24, 2.45) is 11.1 Å². The van der Waals surface area contributed by atoms with Crippen LogP contribution in [-0.2, 0) is 18.8 Å². The predicted molar refractivity (Wildman–Crippen MR) is 83.5 cm³/mol. The molecule has 21 heavy (non-hydrogen) atoms. The highest BCUT2D eigenvalue weighted by Gasteiger charge is 2.49. The molecule has 1 aliphatic carbocycles. The number of fused-ring (bicyclic) bond motifs is 1. The van der Waals surface area contributed by atoms with Gasteiger partial charge in [-0.25, -0.2) is 4.79 Å². The number of esters is 1. The number of carbonyl (C=O) groups is 1. The van der Waals surface area contributed by atoms with Crippen LogP contribution in [0.1, 0.15) is 45.4 Å². The molecule has 6 heteroatoms. The Balaban J connectivity index is 2.21. The first-order valence-electron chi connectivity index (χ1n) is 7.98. The Kier molecular flexibility index (Phi) is 5.09. The van der Waals surface area contributed by atoms with Crippen LogP contribution in [0.25, 0.3) is 0 Å². The van der Waals surface area contributed by atoms with Crippen LogP contribution in [0.5, 0.6) is 0 Å². The summed E-state index contributed by atoms with van der Waals surface area (Å²) >= 11 is 0. The first-order valence-corrected chi connectivity index (χ1v) is 11.4. The molecule has 0 aromatic heterocycles. The van der Waals surface area contributed by atoms with Crippen LogP contribution in [0.4, 0.5) is 0 Å². The van der Waals surface area contributed by atoms with E-state index in [9.17, 15) is 4.79 Å². The minimum Gasteiger partial charge on any atom is -0.461 e. The smallest absolute Gasteiger partial charge is 0.356 e. The fourth-order valence-corrected chi connectivity index (χ4v) is 4.49. The molecule has 2 unspecified atom stereocenters. The summed E-state index contributed by atoms with van der Waals surface area (Å²) in [7, 11) is -1.76. The predicted octanol–water partition coefficient (Wildman–Crippen LogP) is 3.45. The summed E-state index contributed by atoms with van der Waals surface area (Å²) < 4.78 is 11.4. The molecule has 0 radical (unpaired) electrons. The molecule has 5 nitrogen and oxygen atoms in total. The van der Waals surface area contributed by atoms with Crippen molar-refractivity contribution in [1.82, 2.24) is 0 Å². The third-order valence-electron chi connectivity index (χ3n) is 3.94. The van der Waals surface area contributed by atoms with Crippen LogP contribution in [0.3, 0.4) is 0 Å². The third kappa shape index (κ3) is 4.07. The molecule has 1 heterocycles. The highest BCUT2D eigenvalue weighted by Crippen LogP contribution is 2.43. The van der Waals surface area contributed by atoms with E-state index in [1.54, 1.807) is 6.92 Å². The average molecular weight is 313 g/mol. The maximum absolute atomic E-state index is 11.9. The molecular weight excluding hydrogens is 286 g/mol. The van der Waals surface area contributed by atoms with E-state index >= 15 is 0 Å². The largest absolute Gasteiger partial charge is 0.461 e. The molecule has 0 bridgehead atoms. The summed E-state index contributed by atoms with van der Waals surface area (Å²) in [5.41, 5.74) is 0.401. The molecule has 0 N–H and O–H groups in total. The maximum Gasteiger partial charge on any atom is 0.356 e. The van der Waals surface area contributed by atoms with Crippen molar-refractivity contribution in [3.8, 4) is 0 Å². The summed E-state index contributed by atoms with van der Waals surface area (Å²) in [6.07, 6.45) is 5.91. The minimum atomic E-state index is -1.76. The molecule has 1 fully saturated rings. The number of nitrogens with zero attached hydrogens (tertiary/aromatic N) is 1. The van der Waals surface area contributed by atoms with Crippen molar-refractivity contribution in [3.05, 3.63) is 0 Å². The lowest BCUT2D eigenvalue weighted by molar-refractivity contribution is -0.233. The maximum atomic E-state index is 11.9. The van der Waals surface area contributed by atoms with Gasteiger partial charge in [-0.15, -0.1) is 0 Å². The molecule has 2 atom stereocenters. The summed E-state index contributed by atoms with van der Waals surface area (Å²) in [6.45, 7) is 8.65. The highest BCUT2D eigenvalue weighted by molar-refractivity contribution is 6.69. The second kappa shape index (κ2) is 6.48. The molecule has 0 aromatic carbocycles. The van der Waals surface area contributed by atoms with Crippen LogP contribution in [0.15, 0.2) is 5.16 Å². The van der Waals surface area contributed by atoms with Crippen molar-refractivity contribution >= 4 is 20.0 Å². The number of oxime groups is 1. The fraction of sp³-hybridized carbons (Fsp3) is 0.867. The molecule has 1 aliphatic heterocycles. The Bertz CT molecular complexity index is 418. The lowest BCUT2D eigenvalue weighted by Gasteiger charge is -2.43. The Hall–Kier alpha value is -0.883. The van der Waals surface area contributed by atoms with Gasteiger partial charge in [0.2, 0.25) is 5.79 Å². The number of hydrogen-bond acceptors (Lipinski definition) is 5. The highest BCUT2D eigenvalue weighted by atomic mass is 28.4. The molecule has 0 spiro atoms. The van der Waals surface area contributed by atoms with E-state index in [-0.39, 0.29) is 11.9 Å². The lowest BCUT2D eigenvalue weighted by Crippen LogP contribution is -2.52. The summed E-state index contributed by atoms with van der Waals surface area (Å²) in [6, 6.07) is 0. The van der Waals surface area contributed by atoms with Gasteiger partial charge in [0.15, 0.2) is 14.0 Å². The quantitative estimate of drug-likeness (QED) is 0.589. The van der Waals surface area contributed by atoms with E-state index in [4.69, 9.17) is 14.0 Å².